The van der Waals surface area contributed by atoms with Gasteiger partial charge in [-0.15, -0.1) is 0 Å². The van der Waals surface area contributed by atoms with Crippen LogP contribution in [-0.4, -0.2) is 29.5 Å². The molecule has 0 aliphatic rings. The number of rotatable bonds is 3. The molecule has 0 spiro atoms. The van der Waals surface area contributed by atoms with Crippen LogP contribution in [0.4, 0.5) is 0 Å². The van der Waals surface area contributed by atoms with Gasteiger partial charge in [-0.1, -0.05) is 6.92 Å². The molecule has 13 heavy (non-hydrogen) atoms. The van der Waals surface area contributed by atoms with Crippen LogP contribution in [0.5, 0.6) is 0 Å². The van der Waals surface area contributed by atoms with E-state index < -0.39 is 0 Å². The highest BCUT2D eigenvalue weighted by atomic mass is 15.5. The second kappa shape index (κ2) is 3.34. The molecular weight excluding hydrogens is 168 g/mol. The van der Waals surface area contributed by atoms with Crippen molar-refractivity contribution >= 4 is 0 Å². The van der Waals surface area contributed by atoms with Crippen LogP contribution < -0.4 is 0 Å². The van der Waals surface area contributed by atoms with Gasteiger partial charge in [-0.3, -0.25) is 0 Å². The standard InChI is InChI=1S/C7H10N6/c1-2-7(12-5-8-3-10-12)13-6-9-4-11-13/h3-7H,2H2,1H3. The van der Waals surface area contributed by atoms with Crippen LogP contribution in [0.1, 0.15) is 19.5 Å². The minimum Gasteiger partial charge on any atom is -0.228 e. The molecule has 0 saturated heterocycles. The smallest absolute Gasteiger partial charge is 0.146 e. The Balaban J connectivity index is 2.29. The largest absolute Gasteiger partial charge is 0.228 e. The Kier molecular flexibility index (Phi) is 2.03. The number of aromatic nitrogens is 6. The van der Waals surface area contributed by atoms with E-state index in [4.69, 9.17) is 0 Å². The normalized spacial score (nSPS) is 10.9. The fraction of sp³-hybridized carbons (Fsp3) is 0.429. The first-order chi connectivity index (χ1) is 6.42. The van der Waals surface area contributed by atoms with E-state index in [-0.39, 0.29) is 6.17 Å². The Labute approximate surface area is 75.2 Å². The summed E-state index contributed by atoms with van der Waals surface area (Å²) >= 11 is 0. The van der Waals surface area contributed by atoms with E-state index in [1.807, 2.05) is 0 Å². The van der Waals surface area contributed by atoms with Gasteiger partial charge in [-0.05, 0) is 6.42 Å². The lowest BCUT2D eigenvalue weighted by Gasteiger charge is -2.13. The topological polar surface area (TPSA) is 61.4 Å². The van der Waals surface area contributed by atoms with E-state index in [2.05, 4.69) is 27.1 Å². The fourth-order valence-electron chi connectivity index (χ4n) is 1.24. The van der Waals surface area contributed by atoms with Gasteiger partial charge in [0.05, 0.1) is 0 Å². The highest BCUT2D eigenvalue weighted by Crippen LogP contribution is 2.09. The Morgan fingerprint density at radius 2 is 1.62 bits per heavy atom. The molecule has 0 amide bonds. The molecule has 2 aromatic heterocycles. The van der Waals surface area contributed by atoms with Crippen molar-refractivity contribution in [3.05, 3.63) is 25.3 Å². The molecule has 0 fully saturated rings. The summed E-state index contributed by atoms with van der Waals surface area (Å²) in [5, 5.41) is 8.12. The maximum atomic E-state index is 4.06. The first-order valence-electron chi connectivity index (χ1n) is 4.10. The van der Waals surface area contributed by atoms with Crippen LogP contribution in [0, 0.1) is 0 Å². The lowest BCUT2D eigenvalue weighted by molar-refractivity contribution is 0.348. The summed E-state index contributed by atoms with van der Waals surface area (Å²) in [7, 11) is 0. The molecule has 0 radical (unpaired) electrons. The maximum Gasteiger partial charge on any atom is 0.146 e. The molecule has 2 aromatic rings. The van der Waals surface area contributed by atoms with E-state index in [1.54, 1.807) is 22.0 Å². The van der Waals surface area contributed by atoms with Crippen molar-refractivity contribution in [2.75, 3.05) is 0 Å². The molecular formula is C7H10N6. The van der Waals surface area contributed by atoms with Gasteiger partial charge in [0.15, 0.2) is 0 Å². The summed E-state index contributed by atoms with van der Waals surface area (Å²) in [6.45, 7) is 2.06. The second-order valence-electron chi connectivity index (χ2n) is 2.64. The van der Waals surface area contributed by atoms with Crippen molar-refractivity contribution in [3.8, 4) is 0 Å². The average Bonchev–Trinajstić information content (AvgIpc) is 2.76. The highest BCUT2D eigenvalue weighted by molar-refractivity contribution is 4.70. The molecule has 0 saturated carbocycles. The molecule has 0 atom stereocenters. The van der Waals surface area contributed by atoms with Gasteiger partial charge in [-0.25, -0.2) is 19.3 Å². The van der Waals surface area contributed by atoms with Crippen molar-refractivity contribution in [3.63, 3.8) is 0 Å². The Morgan fingerprint density at radius 1 is 1.08 bits per heavy atom. The van der Waals surface area contributed by atoms with Gasteiger partial charge in [0.2, 0.25) is 0 Å². The zero-order valence-corrected chi connectivity index (χ0v) is 7.28. The van der Waals surface area contributed by atoms with Crippen LogP contribution in [0.25, 0.3) is 0 Å². The molecule has 0 aliphatic heterocycles. The Hall–Kier alpha value is -1.72. The summed E-state index contributed by atoms with van der Waals surface area (Å²) in [4.78, 5) is 7.78. The summed E-state index contributed by atoms with van der Waals surface area (Å²) in [5.41, 5.74) is 0. The third-order valence-electron chi connectivity index (χ3n) is 1.85. The number of nitrogens with zero attached hydrogens (tertiary/aromatic N) is 6. The van der Waals surface area contributed by atoms with Gasteiger partial charge in [-0.2, -0.15) is 10.2 Å². The predicted octanol–water partition coefficient (Wildman–Crippen LogP) is 0.327. The van der Waals surface area contributed by atoms with E-state index >= 15 is 0 Å². The summed E-state index contributed by atoms with van der Waals surface area (Å²) in [6.07, 6.45) is 7.35. The molecule has 0 aromatic carbocycles. The molecule has 0 aliphatic carbocycles. The fourth-order valence-corrected chi connectivity index (χ4v) is 1.24. The van der Waals surface area contributed by atoms with Crippen LogP contribution in [0.15, 0.2) is 25.3 Å². The molecule has 2 heterocycles. The summed E-state index contributed by atoms with van der Waals surface area (Å²) in [5.74, 6) is 0. The number of hydrogen-bond acceptors (Lipinski definition) is 4. The Morgan fingerprint density at radius 3 is 1.92 bits per heavy atom. The van der Waals surface area contributed by atoms with E-state index in [0.29, 0.717) is 0 Å². The predicted molar refractivity (Wildman–Crippen MR) is 44.8 cm³/mol. The van der Waals surface area contributed by atoms with Gasteiger partial charge in [0.1, 0.15) is 31.5 Å². The SMILES string of the molecule is CCC(n1cncn1)n1cncn1. The molecule has 0 unspecified atom stereocenters. The van der Waals surface area contributed by atoms with E-state index in [9.17, 15) is 0 Å². The minimum atomic E-state index is 0.0741. The van der Waals surface area contributed by atoms with Crippen molar-refractivity contribution in [2.24, 2.45) is 0 Å². The highest BCUT2D eigenvalue weighted by Gasteiger charge is 2.10. The van der Waals surface area contributed by atoms with Crippen molar-refractivity contribution in [1.29, 1.82) is 0 Å². The van der Waals surface area contributed by atoms with Crippen molar-refractivity contribution in [2.45, 2.75) is 19.5 Å². The maximum absolute atomic E-state index is 4.06. The second-order valence-corrected chi connectivity index (χ2v) is 2.64. The van der Waals surface area contributed by atoms with Gasteiger partial charge in [0.25, 0.3) is 0 Å². The lowest BCUT2D eigenvalue weighted by atomic mass is 10.4. The zero-order chi connectivity index (χ0) is 9.10. The molecule has 2 rings (SSSR count). The average molecular weight is 178 g/mol. The van der Waals surface area contributed by atoms with E-state index in [1.165, 1.54) is 12.7 Å². The lowest BCUT2D eigenvalue weighted by Crippen LogP contribution is -2.18. The third kappa shape index (κ3) is 1.42. The van der Waals surface area contributed by atoms with Crippen molar-refractivity contribution < 1.29 is 0 Å². The molecule has 6 nitrogen and oxygen atoms in total. The van der Waals surface area contributed by atoms with Crippen LogP contribution in [-0.2, 0) is 0 Å². The third-order valence-corrected chi connectivity index (χ3v) is 1.85. The van der Waals surface area contributed by atoms with Gasteiger partial charge >= 0.3 is 0 Å². The van der Waals surface area contributed by atoms with Gasteiger partial charge in [0, 0.05) is 0 Å². The van der Waals surface area contributed by atoms with Gasteiger partial charge < -0.3 is 0 Å². The monoisotopic (exact) mass is 178 g/mol. The molecule has 68 valence electrons. The molecule has 6 heteroatoms. The number of hydrogen-bond donors (Lipinski definition) is 0. The van der Waals surface area contributed by atoms with Crippen LogP contribution >= 0.6 is 0 Å². The molecule has 0 N–H and O–H groups in total. The minimum absolute atomic E-state index is 0.0741. The zero-order valence-electron chi connectivity index (χ0n) is 7.28. The summed E-state index contributed by atoms with van der Waals surface area (Å²) < 4.78 is 3.52. The first-order valence-corrected chi connectivity index (χ1v) is 4.10. The quantitative estimate of drug-likeness (QED) is 0.679. The Bertz CT molecular complexity index is 303. The van der Waals surface area contributed by atoms with E-state index in [0.717, 1.165) is 6.42 Å². The first kappa shape index (κ1) is 7.90. The van der Waals surface area contributed by atoms with Crippen LogP contribution in [0.2, 0.25) is 0 Å². The summed E-state index contributed by atoms with van der Waals surface area (Å²) in [6, 6.07) is 0. The van der Waals surface area contributed by atoms with Crippen molar-refractivity contribution in [1.82, 2.24) is 29.5 Å². The molecule has 0 bridgehead atoms. The van der Waals surface area contributed by atoms with Crippen LogP contribution in [0.3, 0.4) is 0 Å².